The predicted octanol–water partition coefficient (Wildman–Crippen LogP) is 2.50. The van der Waals surface area contributed by atoms with Crippen molar-refractivity contribution in [2.24, 2.45) is 0 Å². The summed E-state index contributed by atoms with van der Waals surface area (Å²) in [6, 6.07) is 4.92. The lowest BCUT2D eigenvalue weighted by molar-refractivity contribution is 0.0737. The molecule has 84 valence electrons. The molecular weight excluding hydrogens is 190 g/mol. The van der Waals surface area contributed by atoms with E-state index in [-0.39, 0.29) is 0 Å². The SMILES string of the molecule is CCC(NC1CCOCC1)c1ccco1. The third kappa shape index (κ3) is 2.83. The van der Waals surface area contributed by atoms with E-state index in [0.29, 0.717) is 12.1 Å². The molecule has 2 rings (SSSR count). The molecule has 0 bridgehead atoms. The molecule has 2 heterocycles. The van der Waals surface area contributed by atoms with Crippen molar-refractivity contribution in [1.29, 1.82) is 0 Å². The Kier molecular flexibility index (Phi) is 3.80. The third-order valence-electron chi connectivity index (χ3n) is 2.95. The van der Waals surface area contributed by atoms with Crippen molar-refractivity contribution < 1.29 is 9.15 Å². The van der Waals surface area contributed by atoms with Crippen LogP contribution in [0.3, 0.4) is 0 Å². The Morgan fingerprint density at radius 2 is 2.27 bits per heavy atom. The monoisotopic (exact) mass is 209 g/mol. The molecule has 1 aliphatic rings. The predicted molar refractivity (Wildman–Crippen MR) is 58.7 cm³/mol. The number of rotatable bonds is 4. The minimum atomic E-state index is 0.350. The highest BCUT2D eigenvalue weighted by molar-refractivity contribution is 5.04. The molecule has 0 aliphatic carbocycles. The average Bonchev–Trinajstić information content (AvgIpc) is 2.81. The van der Waals surface area contributed by atoms with Gasteiger partial charge in [0.15, 0.2) is 0 Å². The highest BCUT2D eigenvalue weighted by atomic mass is 16.5. The van der Waals surface area contributed by atoms with E-state index in [4.69, 9.17) is 9.15 Å². The van der Waals surface area contributed by atoms with E-state index in [2.05, 4.69) is 12.2 Å². The molecule has 3 nitrogen and oxygen atoms in total. The molecule has 1 saturated heterocycles. The van der Waals surface area contributed by atoms with Crippen molar-refractivity contribution in [3.8, 4) is 0 Å². The molecule has 1 atom stereocenters. The Morgan fingerprint density at radius 1 is 1.47 bits per heavy atom. The quantitative estimate of drug-likeness (QED) is 0.827. The molecule has 1 aromatic rings. The van der Waals surface area contributed by atoms with E-state index in [0.717, 1.165) is 38.2 Å². The fourth-order valence-corrected chi connectivity index (χ4v) is 2.04. The summed E-state index contributed by atoms with van der Waals surface area (Å²) < 4.78 is 10.8. The highest BCUT2D eigenvalue weighted by Crippen LogP contribution is 2.19. The highest BCUT2D eigenvalue weighted by Gasteiger charge is 2.19. The fraction of sp³-hybridized carbons (Fsp3) is 0.667. The molecule has 0 amide bonds. The molecule has 0 aromatic carbocycles. The van der Waals surface area contributed by atoms with E-state index in [1.807, 2.05) is 12.1 Å². The summed E-state index contributed by atoms with van der Waals surface area (Å²) >= 11 is 0. The molecule has 3 heteroatoms. The summed E-state index contributed by atoms with van der Waals surface area (Å²) in [5, 5.41) is 3.63. The molecule has 1 aliphatic heterocycles. The van der Waals surface area contributed by atoms with Crippen molar-refractivity contribution in [2.75, 3.05) is 13.2 Å². The third-order valence-corrected chi connectivity index (χ3v) is 2.95. The van der Waals surface area contributed by atoms with Gasteiger partial charge >= 0.3 is 0 Å². The zero-order valence-corrected chi connectivity index (χ0v) is 9.24. The zero-order valence-electron chi connectivity index (χ0n) is 9.24. The van der Waals surface area contributed by atoms with Gasteiger partial charge in [-0.25, -0.2) is 0 Å². The first-order valence-electron chi connectivity index (χ1n) is 5.77. The van der Waals surface area contributed by atoms with Crippen molar-refractivity contribution in [3.63, 3.8) is 0 Å². The Bertz CT molecular complexity index is 265. The Hall–Kier alpha value is -0.800. The first kappa shape index (κ1) is 10.7. The lowest BCUT2D eigenvalue weighted by atomic mass is 10.1. The zero-order chi connectivity index (χ0) is 10.5. The van der Waals surface area contributed by atoms with Crippen molar-refractivity contribution in [1.82, 2.24) is 5.32 Å². The van der Waals surface area contributed by atoms with Crippen LogP contribution in [-0.2, 0) is 4.74 Å². The van der Waals surface area contributed by atoms with Crippen LogP contribution >= 0.6 is 0 Å². The van der Waals surface area contributed by atoms with Crippen LogP contribution in [0.4, 0.5) is 0 Å². The molecule has 0 saturated carbocycles. The first-order valence-corrected chi connectivity index (χ1v) is 5.77. The number of nitrogens with one attached hydrogen (secondary N) is 1. The second-order valence-electron chi connectivity index (χ2n) is 4.03. The molecule has 1 N–H and O–H groups in total. The molecule has 0 spiro atoms. The van der Waals surface area contributed by atoms with Crippen LogP contribution in [0.25, 0.3) is 0 Å². The van der Waals surface area contributed by atoms with Gasteiger partial charge in [-0.05, 0) is 31.4 Å². The van der Waals surface area contributed by atoms with Crippen LogP contribution < -0.4 is 5.32 Å². The van der Waals surface area contributed by atoms with Crippen LogP contribution in [0.5, 0.6) is 0 Å². The standard InChI is InChI=1S/C12H19NO2/c1-2-11(12-4-3-7-15-12)13-10-5-8-14-9-6-10/h3-4,7,10-11,13H,2,5-6,8-9H2,1H3. The number of hydrogen-bond donors (Lipinski definition) is 1. The maximum absolute atomic E-state index is 5.43. The summed E-state index contributed by atoms with van der Waals surface area (Å²) in [7, 11) is 0. The van der Waals surface area contributed by atoms with Crippen molar-refractivity contribution in [3.05, 3.63) is 24.2 Å². The smallest absolute Gasteiger partial charge is 0.120 e. The molecule has 1 unspecified atom stereocenters. The summed E-state index contributed by atoms with van der Waals surface area (Å²) in [5.41, 5.74) is 0. The van der Waals surface area contributed by atoms with Crippen LogP contribution in [0.1, 0.15) is 38.0 Å². The first-order chi connectivity index (χ1) is 7.40. The van der Waals surface area contributed by atoms with Crippen LogP contribution in [-0.4, -0.2) is 19.3 Å². The summed E-state index contributed by atoms with van der Waals surface area (Å²) in [6.07, 6.45) is 5.02. The van der Waals surface area contributed by atoms with Crippen molar-refractivity contribution in [2.45, 2.75) is 38.3 Å². The molecule has 15 heavy (non-hydrogen) atoms. The number of ether oxygens (including phenoxy) is 1. The van der Waals surface area contributed by atoms with E-state index in [9.17, 15) is 0 Å². The van der Waals surface area contributed by atoms with Gasteiger partial charge in [0, 0.05) is 19.3 Å². The molecule has 1 fully saturated rings. The molecule has 0 radical (unpaired) electrons. The molecular formula is C12H19NO2. The minimum Gasteiger partial charge on any atom is -0.468 e. The second-order valence-corrected chi connectivity index (χ2v) is 4.03. The van der Waals surface area contributed by atoms with Gasteiger partial charge in [0.1, 0.15) is 5.76 Å². The average molecular weight is 209 g/mol. The van der Waals surface area contributed by atoms with Gasteiger partial charge in [-0.2, -0.15) is 0 Å². The number of hydrogen-bond acceptors (Lipinski definition) is 3. The van der Waals surface area contributed by atoms with E-state index in [1.165, 1.54) is 0 Å². The van der Waals surface area contributed by atoms with Gasteiger partial charge in [-0.3, -0.25) is 0 Å². The maximum Gasteiger partial charge on any atom is 0.120 e. The van der Waals surface area contributed by atoms with Gasteiger partial charge in [-0.15, -0.1) is 0 Å². The van der Waals surface area contributed by atoms with Crippen molar-refractivity contribution >= 4 is 0 Å². The van der Waals surface area contributed by atoms with Gasteiger partial charge in [0.05, 0.1) is 12.3 Å². The van der Waals surface area contributed by atoms with E-state index < -0.39 is 0 Å². The summed E-state index contributed by atoms with van der Waals surface area (Å²) in [5.74, 6) is 1.05. The summed E-state index contributed by atoms with van der Waals surface area (Å²) in [4.78, 5) is 0. The fourth-order valence-electron chi connectivity index (χ4n) is 2.04. The van der Waals surface area contributed by atoms with Crippen LogP contribution in [0, 0.1) is 0 Å². The Morgan fingerprint density at radius 3 is 2.87 bits per heavy atom. The van der Waals surface area contributed by atoms with Gasteiger partial charge in [0.2, 0.25) is 0 Å². The van der Waals surface area contributed by atoms with Gasteiger partial charge in [-0.1, -0.05) is 6.92 Å². The largest absolute Gasteiger partial charge is 0.468 e. The minimum absolute atomic E-state index is 0.350. The topological polar surface area (TPSA) is 34.4 Å². The van der Waals surface area contributed by atoms with Crippen LogP contribution in [0.15, 0.2) is 22.8 Å². The van der Waals surface area contributed by atoms with Gasteiger partial charge < -0.3 is 14.5 Å². The lowest BCUT2D eigenvalue weighted by Crippen LogP contribution is -2.37. The van der Waals surface area contributed by atoms with E-state index >= 15 is 0 Å². The summed E-state index contributed by atoms with van der Waals surface area (Å²) in [6.45, 7) is 3.94. The maximum atomic E-state index is 5.43. The second kappa shape index (κ2) is 5.33. The van der Waals surface area contributed by atoms with E-state index in [1.54, 1.807) is 6.26 Å². The van der Waals surface area contributed by atoms with Crippen LogP contribution in [0.2, 0.25) is 0 Å². The Labute approximate surface area is 90.8 Å². The normalized spacial score (nSPS) is 20.3. The molecule has 1 aromatic heterocycles. The Balaban J connectivity index is 1.90. The lowest BCUT2D eigenvalue weighted by Gasteiger charge is -2.27. The van der Waals surface area contributed by atoms with Gasteiger partial charge in [0.25, 0.3) is 0 Å². The number of furan rings is 1.